The lowest BCUT2D eigenvalue weighted by Crippen LogP contribution is -2.41. The second kappa shape index (κ2) is 9.21. The summed E-state index contributed by atoms with van der Waals surface area (Å²) in [5.74, 6) is -0.326. The van der Waals surface area contributed by atoms with E-state index in [1.807, 2.05) is 37.4 Å². The van der Waals surface area contributed by atoms with Gasteiger partial charge >= 0.3 is 0 Å². The monoisotopic (exact) mass is 392 g/mol. The molecule has 2 aromatic carbocycles. The van der Waals surface area contributed by atoms with Crippen LogP contribution in [0.2, 0.25) is 0 Å². The molecule has 2 rings (SSSR count). The molecule has 1 unspecified atom stereocenters. The SMILES string of the molecule is CCN(CC(=O)NC(C)c1ccc(SC)cc1)S(=O)(=O)c1ccccc1. The molecule has 26 heavy (non-hydrogen) atoms. The minimum absolute atomic E-state index is 0.190. The molecule has 5 nitrogen and oxygen atoms in total. The van der Waals surface area contributed by atoms with Crippen LogP contribution >= 0.6 is 11.8 Å². The highest BCUT2D eigenvalue weighted by Crippen LogP contribution is 2.19. The quantitative estimate of drug-likeness (QED) is 0.700. The van der Waals surface area contributed by atoms with Gasteiger partial charge in [-0.1, -0.05) is 37.3 Å². The molecule has 0 saturated carbocycles. The van der Waals surface area contributed by atoms with E-state index in [9.17, 15) is 13.2 Å². The number of carbonyl (C=O) groups is 1. The van der Waals surface area contributed by atoms with Gasteiger partial charge in [-0.05, 0) is 43.0 Å². The summed E-state index contributed by atoms with van der Waals surface area (Å²) in [4.78, 5) is 13.7. The van der Waals surface area contributed by atoms with E-state index in [2.05, 4.69) is 5.32 Å². The molecule has 0 spiro atoms. The molecule has 0 radical (unpaired) electrons. The van der Waals surface area contributed by atoms with Gasteiger partial charge in [-0.25, -0.2) is 8.42 Å². The van der Waals surface area contributed by atoms with E-state index in [1.165, 1.54) is 16.4 Å². The molecule has 0 aromatic heterocycles. The summed E-state index contributed by atoms with van der Waals surface area (Å²) in [6.07, 6.45) is 2.01. The first-order valence-corrected chi connectivity index (χ1v) is 11.0. The van der Waals surface area contributed by atoms with E-state index >= 15 is 0 Å². The molecule has 0 fully saturated rings. The van der Waals surface area contributed by atoms with E-state index in [-0.39, 0.29) is 29.9 Å². The van der Waals surface area contributed by atoms with Gasteiger partial charge in [0.1, 0.15) is 0 Å². The lowest BCUT2D eigenvalue weighted by atomic mass is 10.1. The van der Waals surface area contributed by atoms with Gasteiger partial charge in [0.15, 0.2) is 0 Å². The Morgan fingerprint density at radius 2 is 1.73 bits per heavy atom. The van der Waals surface area contributed by atoms with E-state index < -0.39 is 10.0 Å². The van der Waals surface area contributed by atoms with E-state index in [4.69, 9.17) is 0 Å². The fraction of sp³-hybridized carbons (Fsp3) is 0.316. The number of sulfonamides is 1. The number of nitrogens with zero attached hydrogens (tertiary/aromatic N) is 1. The molecule has 1 amide bonds. The highest BCUT2D eigenvalue weighted by Gasteiger charge is 2.25. The number of carbonyl (C=O) groups excluding carboxylic acids is 1. The van der Waals surface area contributed by atoms with Crippen LogP contribution in [0.3, 0.4) is 0 Å². The largest absolute Gasteiger partial charge is 0.348 e. The van der Waals surface area contributed by atoms with Crippen molar-refractivity contribution in [2.75, 3.05) is 19.3 Å². The van der Waals surface area contributed by atoms with Crippen molar-refractivity contribution in [3.8, 4) is 0 Å². The van der Waals surface area contributed by atoms with Crippen LogP contribution in [0, 0.1) is 0 Å². The van der Waals surface area contributed by atoms with Crippen LogP contribution in [0.1, 0.15) is 25.5 Å². The molecule has 1 atom stereocenters. The average molecular weight is 393 g/mol. The fourth-order valence-corrected chi connectivity index (χ4v) is 4.37. The number of nitrogens with one attached hydrogen (secondary N) is 1. The van der Waals surface area contributed by atoms with E-state index in [1.54, 1.807) is 36.9 Å². The highest BCUT2D eigenvalue weighted by molar-refractivity contribution is 7.98. The Labute approximate surface area is 159 Å². The summed E-state index contributed by atoms with van der Waals surface area (Å²) in [5, 5.41) is 2.87. The smallest absolute Gasteiger partial charge is 0.243 e. The Morgan fingerprint density at radius 3 is 2.27 bits per heavy atom. The van der Waals surface area contributed by atoms with Crippen molar-refractivity contribution >= 4 is 27.7 Å². The number of hydrogen-bond donors (Lipinski definition) is 1. The predicted molar refractivity (Wildman–Crippen MR) is 106 cm³/mol. The van der Waals surface area contributed by atoms with Gasteiger partial charge in [0.05, 0.1) is 17.5 Å². The van der Waals surface area contributed by atoms with Gasteiger partial charge in [-0.15, -0.1) is 11.8 Å². The first kappa shape index (κ1) is 20.5. The Kier molecular flexibility index (Phi) is 7.25. The summed E-state index contributed by atoms with van der Waals surface area (Å²) in [7, 11) is -3.69. The lowest BCUT2D eigenvalue weighted by molar-refractivity contribution is -0.121. The molecule has 0 aliphatic carbocycles. The molecule has 140 valence electrons. The Bertz CT molecular complexity index is 822. The van der Waals surface area contributed by atoms with Gasteiger partial charge in [-0.3, -0.25) is 4.79 Å². The summed E-state index contributed by atoms with van der Waals surface area (Å²) in [5.41, 5.74) is 0.977. The van der Waals surface area contributed by atoms with Gasteiger partial charge in [0.2, 0.25) is 15.9 Å². The number of hydrogen-bond acceptors (Lipinski definition) is 4. The van der Waals surface area contributed by atoms with Crippen molar-refractivity contribution in [3.63, 3.8) is 0 Å². The van der Waals surface area contributed by atoms with E-state index in [0.717, 1.165) is 10.5 Å². The zero-order valence-electron chi connectivity index (χ0n) is 15.2. The average Bonchev–Trinajstić information content (AvgIpc) is 2.66. The van der Waals surface area contributed by atoms with Gasteiger partial charge in [0.25, 0.3) is 0 Å². The van der Waals surface area contributed by atoms with Gasteiger partial charge in [-0.2, -0.15) is 4.31 Å². The first-order valence-electron chi connectivity index (χ1n) is 8.37. The van der Waals surface area contributed by atoms with Crippen LogP contribution < -0.4 is 5.32 Å². The lowest BCUT2D eigenvalue weighted by Gasteiger charge is -2.22. The summed E-state index contributed by atoms with van der Waals surface area (Å²) in [6.45, 7) is 3.62. The van der Waals surface area contributed by atoms with Crippen LogP contribution in [0.15, 0.2) is 64.4 Å². The summed E-state index contributed by atoms with van der Waals surface area (Å²) >= 11 is 1.65. The van der Waals surface area contributed by atoms with E-state index in [0.29, 0.717) is 0 Å². The third-order valence-corrected chi connectivity index (χ3v) is 6.73. The second-order valence-corrected chi connectivity index (χ2v) is 8.62. The second-order valence-electron chi connectivity index (χ2n) is 5.81. The van der Waals surface area contributed by atoms with Crippen LogP contribution in [0.4, 0.5) is 0 Å². The number of thioether (sulfide) groups is 1. The topological polar surface area (TPSA) is 66.5 Å². The van der Waals surface area contributed by atoms with Crippen LogP contribution in [0.5, 0.6) is 0 Å². The highest BCUT2D eigenvalue weighted by atomic mass is 32.2. The third-order valence-electron chi connectivity index (χ3n) is 4.05. The summed E-state index contributed by atoms with van der Waals surface area (Å²) in [6, 6.07) is 15.9. The van der Waals surface area contributed by atoms with Crippen molar-refractivity contribution in [2.45, 2.75) is 29.7 Å². The normalized spacial score (nSPS) is 12.8. The molecule has 0 saturated heterocycles. The molecule has 1 N–H and O–H groups in total. The van der Waals surface area contributed by atoms with Crippen LogP contribution in [-0.4, -0.2) is 38.0 Å². The molecule has 2 aromatic rings. The molecular formula is C19H24N2O3S2. The van der Waals surface area contributed by atoms with Crippen LogP contribution in [0.25, 0.3) is 0 Å². The number of benzene rings is 2. The molecular weight excluding hydrogens is 368 g/mol. The Balaban J connectivity index is 2.04. The molecule has 0 aliphatic heterocycles. The molecule has 0 aliphatic rings. The molecule has 0 bridgehead atoms. The van der Waals surface area contributed by atoms with Crippen molar-refractivity contribution < 1.29 is 13.2 Å². The first-order chi connectivity index (χ1) is 12.4. The minimum atomic E-state index is -3.69. The maximum atomic E-state index is 12.7. The Hall–Kier alpha value is -1.83. The molecule has 7 heteroatoms. The van der Waals surface area contributed by atoms with Gasteiger partial charge < -0.3 is 5.32 Å². The summed E-state index contributed by atoms with van der Waals surface area (Å²) < 4.78 is 26.5. The number of likely N-dealkylation sites (N-methyl/N-ethyl adjacent to an activating group) is 1. The third kappa shape index (κ3) is 5.09. The maximum absolute atomic E-state index is 12.7. The van der Waals surface area contributed by atoms with Crippen molar-refractivity contribution in [2.24, 2.45) is 0 Å². The predicted octanol–water partition coefficient (Wildman–Crippen LogP) is 3.30. The standard InChI is InChI=1S/C19H24N2O3S2/c1-4-21(26(23,24)18-8-6-5-7-9-18)14-19(22)20-15(2)16-10-12-17(25-3)13-11-16/h5-13,15H,4,14H2,1-3H3,(H,20,22). The zero-order valence-corrected chi connectivity index (χ0v) is 16.8. The van der Waals surface area contributed by atoms with Crippen molar-refractivity contribution in [1.29, 1.82) is 0 Å². The Morgan fingerprint density at radius 1 is 1.12 bits per heavy atom. The van der Waals surface area contributed by atoms with Gasteiger partial charge in [0, 0.05) is 11.4 Å². The number of amides is 1. The number of rotatable bonds is 8. The van der Waals surface area contributed by atoms with Crippen LogP contribution in [-0.2, 0) is 14.8 Å². The minimum Gasteiger partial charge on any atom is -0.348 e. The van der Waals surface area contributed by atoms with Crippen molar-refractivity contribution in [1.82, 2.24) is 9.62 Å². The fourth-order valence-electron chi connectivity index (χ4n) is 2.53. The maximum Gasteiger partial charge on any atom is 0.243 e. The molecule has 0 heterocycles. The zero-order chi connectivity index (χ0) is 19.2. The van der Waals surface area contributed by atoms with Crippen molar-refractivity contribution in [3.05, 3.63) is 60.2 Å².